The second-order valence-electron chi connectivity index (χ2n) is 17.2. The highest BCUT2D eigenvalue weighted by Gasteiger charge is 2.41. The van der Waals surface area contributed by atoms with Crippen LogP contribution in [0.2, 0.25) is 18.1 Å². The van der Waals surface area contributed by atoms with Gasteiger partial charge in [0.1, 0.15) is 22.7 Å². The largest absolute Gasteiger partial charge is 0.496 e. The van der Waals surface area contributed by atoms with Gasteiger partial charge in [-0.25, -0.2) is 9.97 Å². The molecule has 4 aromatic carbocycles. The lowest BCUT2D eigenvalue weighted by molar-refractivity contribution is 0.0279. The van der Waals surface area contributed by atoms with Crippen molar-refractivity contribution in [2.75, 3.05) is 14.2 Å². The van der Waals surface area contributed by atoms with Gasteiger partial charge in [0.05, 0.1) is 50.5 Å². The van der Waals surface area contributed by atoms with Gasteiger partial charge >= 0.3 is 0 Å². The Kier molecular flexibility index (Phi) is 12.8. The van der Waals surface area contributed by atoms with E-state index in [9.17, 15) is 15.3 Å². The molecule has 10 nitrogen and oxygen atoms in total. The SMILES string of the molecule is COc1ccc2cc(C(O)(c3c[nH]cn3)C(C)C)ccc2c1C(C)O.COc1ccc2cc(C(O)(c3c[nH]cn3)C(C)C)ccc2c1C(C)O[Si](C)(C)C(C)(C)C. The molecular weight excluding hydrogens is 733 g/mol. The maximum absolute atomic E-state index is 11.7. The van der Waals surface area contributed by atoms with Gasteiger partial charge in [0, 0.05) is 23.5 Å². The van der Waals surface area contributed by atoms with Gasteiger partial charge in [-0.1, -0.05) is 84.9 Å². The highest BCUT2D eigenvalue weighted by atomic mass is 28.4. The number of aliphatic hydroxyl groups is 3. The van der Waals surface area contributed by atoms with Gasteiger partial charge in [-0.05, 0) is 101 Å². The van der Waals surface area contributed by atoms with Crippen LogP contribution in [0.4, 0.5) is 0 Å². The van der Waals surface area contributed by atoms with Gasteiger partial charge in [0.15, 0.2) is 8.32 Å². The number of fused-ring (bicyclic) bond motifs is 2. The van der Waals surface area contributed by atoms with E-state index >= 15 is 0 Å². The molecule has 11 heteroatoms. The summed E-state index contributed by atoms with van der Waals surface area (Å²) in [5.41, 5.74) is 2.22. The van der Waals surface area contributed by atoms with Crippen LogP contribution in [0.3, 0.4) is 0 Å². The second kappa shape index (κ2) is 16.8. The zero-order valence-electron chi connectivity index (χ0n) is 35.9. The van der Waals surface area contributed by atoms with Crippen molar-refractivity contribution in [3.63, 3.8) is 0 Å². The molecular formula is C46H62N4O6Si. The Morgan fingerprint density at radius 3 is 1.40 bits per heavy atom. The lowest BCUT2D eigenvalue weighted by Crippen LogP contribution is -2.41. The predicted octanol–water partition coefficient (Wildman–Crippen LogP) is 10.1. The Balaban J connectivity index is 0.000000224. The minimum Gasteiger partial charge on any atom is -0.496 e. The van der Waals surface area contributed by atoms with Crippen LogP contribution in [-0.2, 0) is 15.6 Å². The summed E-state index contributed by atoms with van der Waals surface area (Å²) in [6, 6.07) is 19.7. The van der Waals surface area contributed by atoms with Gasteiger partial charge < -0.3 is 39.2 Å². The molecule has 0 fully saturated rings. The Hall–Kier alpha value is -4.52. The minimum atomic E-state index is -1.97. The number of aliphatic hydroxyl groups excluding tert-OH is 1. The van der Waals surface area contributed by atoms with Crippen molar-refractivity contribution in [1.29, 1.82) is 0 Å². The van der Waals surface area contributed by atoms with Gasteiger partial charge in [-0.15, -0.1) is 0 Å². The van der Waals surface area contributed by atoms with Crippen LogP contribution in [0.5, 0.6) is 11.5 Å². The van der Waals surface area contributed by atoms with Gasteiger partial charge in [0.2, 0.25) is 0 Å². The first-order valence-corrected chi connectivity index (χ1v) is 22.6. The van der Waals surface area contributed by atoms with Crippen LogP contribution in [0.25, 0.3) is 21.5 Å². The van der Waals surface area contributed by atoms with Crippen LogP contribution in [0.1, 0.15) is 108 Å². The number of imidazole rings is 2. The summed E-state index contributed by atoms with van der Waals surface area (Å²) in [5, 5.41) is 37.3. The molecule has 0 aliphatic heterocycles. The number of aromatic amines is 2. The molecule has 0 aliphatic rings. The van der Waals surface area contributed by atoms with Crippen LogP contribution >= 0.6 is 0 Å². The van der Waals surface area contributed by atoms with E-state index in [0.717, 1.165) is 49.5 Å². The number of rotatable bonds is 12. The summed E-state index contributed by atoms with van der Waals surface area (Å²) in [5.74, 6) is 1.36. The quantitative estimate of drug-likeness (QED) is 0.0770. The topological polar surface area (TPSA) is 146 Å². The Morgan fingerprint density at radius 2 is 1.05 bits per heavy atom. The van der Waals surface area contributed by atoms with Crippen molar-refractivity contribution >= 4 is 29.9 Å². The standard InChI is InChI=1S/C26H38N2O3Si.C20H24N2O3/c1-17(2)26(29,23-15-27-16-28-23)20-11-12-21-19(14-20)10-13-22(30-7)24(21)18(3)31-32(8,9)25(4,5)6;1-12(2)20(24,18-10-21-11-22-18)15-6-7-16-14(9-15)5-8-17(25-4)19(16)13(3)23/h10-18,29H,1-9H3,(H,27,28);5-13,23-24H,1-4H3,(H,21,22). The van der Waals surface area contributed by atoms with Crippen LogP contribution < -0.4 is 9.47 Å². The molecule has 0 amide bonds. The van der Waals surface area contributed by atoms with Crippen molar-refractivity contribution in [2.45, 2.75) is 104 Å². The molecule has 5 N–H and O–H groups in total. The highest BCUT2D eigenvalue weighted by Crippen LogP contribution is 2.44. The Morgan fingerprint density at radius 1 is 0.632 bits per heavy atom. The van der Waals surface area contributed by atoms with E-state index in [1.54, 1.807) is 46.2 Å². The second-order valence-corrected chi connectivity index (χ2v) is 21.9. The third-order valence-corrected chi connectivity index (χ3v) is 16.5. The van der Waals surface area contributed by atoms with Crippen LogP contribution in [-0.4, -0.2) is 57.8 Å². The van der Waals surface area contributed by atoms with E-state index in [-0.39, 0.29) is 23.0 Å². The number of benzene rings is 4. The van der Waals surface area contributed by atoms with Gasteiger partial charge in [-0.3, -0.25) is 0 Å². The molecule has 57 heavy (non-hydrogen) atoms. The summed E-state index contributed by atoms with van der Waals surface area (Å²) in [6.07, 6.45) is 5.89. The molecule has 0 saturated heterocycles. The van der Waals surface area contributed by atoms with E-state index in [1.807, 2.05) is 76.2 Å². The fourth-order valence-corrected chi connectivity index (χ4v) is 8.87. The third kappa shape index (κ3) is 8.27. The molecule has 6 aromatic rings. The molecule has 2 aromatic heterocycles. The number of nitrogens with one attached hydrogen (secondary N) is 2. The van der Waals surface area contributed by atoms with Gasteiger partial charge in [-0.2, -0.15) is 0 Å². The first-order valence-electron chi connectivity index (χ1n) is 19.7. The summed E-state index contributed by atoms with van der Waals surface area (Å²) in [6.45, 7) is 23.1. The maximum atomic E-state index is 11.7. The molecule has 306 valence electrons. The molecule has 0 bridgehead atoms. The number of hydrogen-bond acceptors (Lipinski definition) is 8. The van der Waals surface area contributed by atoms with E-state index < -0.39 is 25.6 Å². The molecule has 0 aliphatic carbocycles. The van der Waals surface area contributed by atoms with Crippen LogP contribution in [0, 0.1) is 11.8 Å². The summed E-state index contributed by atoms with van der Waals surface area (Å²) < 4.78 is 17.9. The summed E-state index contributed by atoms with van der Waals surface area (Å²) in [7, 11) is 1.32. The monoisotopic (exact) mass is 794 g/mol. The molecule has 4 atom stereocenters. The maximum Gasteiger partial charge on any atom is 0.192 e. The average molecular weight is 795 g/mol. The molecule has 0 radical (unpaired) electrons. The summed E-state index contributed by atoms with van der Waals surface area (Å²) >= 11 is 0. The molecule has 2 heterocycles. The number of aromatic nitrogens is 4. The highest BCUT2D eigenvalue weighted by molar-refractivity contribution is 6.74. The molecule has 0 spiro atoms. The zero-order chi connectivity index (χ0) is 42.1. The van der Waals surface area contributed by atoms with Crippen molar-refractivity contribution in [1.82, 2.24) is 19.9 Å². The lowest BCUT2D eigenvalue weighted by atomic mass is 9.80. The number of hydrogen-bond donors (Lipinski definition) is 5. The molecule has 0 saturated carbocycles. The van der Waals surface area contributed by atoms with Crippen molar-refractivity contribution in [3.05, 3.63) is 119 Å². The van der Waals surface area contributed by atoms with E-state index in [2.05, 4.69) is 72.9 Å². The Bertz CT molecular complexity index is 2260. The third-order valence-electron chi connectivity index (χ3n) is 11.9. The van der Waals surface area contributed by atoms with Crippen LogP contribution in [0.15, 0.2) is 85.7 Å². The normalized spacial score (nSPS) is 15.5. The fourth-order valence-electron chi connectivity index (χ4n) is 7.52. The van der Waals surface area contributed by atoms with Crippen molar-refractivity contribution in [3.8, 4) is 11.5 Å². The summed E-state index contributed by atoms with van der Waals surface area (Å²) in [4.78, 5) is 14.5. The smallest absolute Gasteiger partial charge is 0.192 e. The lowest BCUT2D eigenvalue weighted by Gasteiger charge is -2.39. The van der Waals surface area contributed by atoms with Crippen molar-refractivity contribution in [2.24, 2.45) is 11.8 Å². The predicted molar refractivity (Wildman–Crippen MR) is 231 cm³/mol. The molecule has 6 rings (SSSR count). The fraction of sp³-hybridized carbons (Fsp3) is 0.435. The van der Waals surface area contributed by atoms with Gasteiger partial charge in [0.25, 0.3) is 0 Å². The number of ether oxygens (including phenoxy) is 2. The number of nitrogens with zero attached hydrogens (tertiary/aromatic N) is 2. The molecule has 4 unspecified atom stereocenters. The van der Waals surface area contributed by atoms with E-state index in [1.165, 1.54) is 0 Å². The Labute approximate surface area is 338 Å². The number of methoxy groups -OCH3 is 2. The zero-order valence-corrected chi connectivity index (χ0v) is 36.9. The first kappa shape index (κ1) is 43.6. The van der Waals surface area contributed by atoms with Crippen molar-refractivity contribution < 1.29 is 29.2 Å². The number of H-pyrrole nitrogens is 2. The first-order chi connectivity index (χ1) is 26.7. The van der Waals surface area contributed by atoms with E-state index in [4.69, 9.17) is 13.9 Å². The average Bonchev–Trinajstić information content (AvgIpc) is 3.92. The minimum absolute atomic E-state index is 0.0539. The van der Waals surface area contributed by atoms with E-state index in [0.29, 0.717) is 17.1 Å².